The predicted molar refractivity (Wildman–Crippen MR) is 88.5 cm³/mol. The first-order chi connectivity index (χ1) is 11.8. The number of phenolic OH excluding ortho intramolecular Hbond substituents is 1. The van der Waals surface area contributed by atoms with Crippen LogP contribution in [0, 0.1) is 0 Å². The molecule has 0 saturated carbocycles. The Bertz CT molecular complexity index is 774. The van der Waals surface area contributed by atoms with Crippen molar-refractivity contribution in [1.82, 2.24) is 9.55 Å². The van der Waals surface area contributed by atoms with Crippen molar-refractivity contribution in [3.8, 4) is 5.75 Å². The maximum atomic E-state index is 11.1. The van der Waals surface area contributed by atoms with Gasteiger partial charge in [0.2, 0.25) is 0 Å². The average molecular weight is 348 g/mol. The Morgan fingerprint density at radius 1 is 1.16 bits per heavy atom. The van der Waals surface area contributed by atoms with Crippen LogP contribution in [0.5, 0.6) is 5.75 Å². The number of aliphatic carboxylic acids is 1. The van der Waals surface area contributed by atoms with E-state index in [9.17, 15) is 14.7 Å². The summed E-state index contributed by atoms with van der Waals surface area (Å²) in [6.45, 7) is 0. The molecule has 0 saturated heterocycles. The Morgan fingerprint density at radius 3 is 2.52 bits per heavy atom. The molecule has 0 radical (unpaired) electrons. The normalized spacial score (nSPS) is 13.4. The van der Waals surface area contributed by atoms with Crippen LogP contribution in [0.25, 0.3) is 0 Å². The van der Waals surface area contributed by atoms with E-state index in [1.54, 1.807) is 12.1 Å². The van der Waals surface area contributed by atoms with Gasteiger partial charge in [0.05, 0.1) is 5.69 Å². The summed E-state index contributed by atoms with van der Waals surface area (Å²) < 4.78 is 0.988. The zero-order valence-corrected chi connectivity index (χ0v) is 13.4. The van der Waals surface area contributed by atoms with E-state index in [4.69, 9.17) is 21.7 Å². The fourth-order valence-electron chi connectivity index (χ4n) is 2.54. The SMILES string of the molecule is N[C@H](Cc1cc(C[C@H](N)C(=O)O)ccc1O)Cc1cncn1C(=O)O. The Hall–Kier alpha value is -2.91. The summed E-state index contributed by atoms with van der Waals surface area (Å²) in [5.41, 5.74) is 13.3. The van der Waals surface area contributed by atoms with Gasteiger partial charge in [0.25, 0.3) is 0 Å². The molecule has 0 aliphatic heterocycles. The number of nitrogens with two attached hydrogens (primary N) is 2. The maximum Gasteiger partial charge on any atom is 0.417 e. The summed E-state index contributed by atoms with van der Waals surface area (Å²) in [5, 5.41) is 27.9. The third-order valence-corrected chi connectivity index (χ3v) is 3.79. The van der Waals surface area contributed by atoms with Crippen LogP contribution in [-0.2, 0) is 24.1 Å². The molecule has 2 aromatic rings. The predicted octanol–water partition coefficient (Wildman–Crippen LogP) is 0.182. The molecule has 134 valence electrons. The molecule has 0 aliphatic rings. The molecule has 1 aromatic carbocycles. The monoisotopic (exact) mass is 348 g/mol. The van der Waals surface area contributed by atoms with Crippen LogP contribution in [0.2, 0.25) is 0 Å². The molecule has 7 N–H and O–H groups in total. The summed E-state index contributed by atoms with van der Waals surface area (Å²) in [7, 11) is 0. The van der Waals surface area contributed by atoms with Crippen molar-refractivity contribution in [1.29, 1.82) is 0 Å². The van der Waals surface area contributed by atoms with Crippen molar-refractivity contribution in [3.05, 3.63) is 47.5 Å². The molecular formula is C16H20N4O5. The van der Waals surface area contributed by atoms with E-state index in [0.29, 0.717) is 16.8 Å². The van der Waals surface area contributed by atoms with Crippen LogP contribution in [0.4, 0.5) is 4.79 Å². The molecule has 25 heavy (non-hydrogen) atoms. The molecule has 0 aliphatic carbocycles. The first kappa shape index (κ1) is 18.4. The van der Waals surface area contributed by atoms with E-state index in [0.717, 1.165) is 4.57 Å². The van der Waals surface area contributed by atoms with Crippen LogP contribution in [0.1, 0.15) is 16.8 Å². The third-order valence-electron chi connectivity index (χ3n) is 3.79. The first-order valence-electron chi connectivity index (χ1n) is 7.57. The van der Waals surface area contributed by atoms with Crippen LogP contribution < -0.4 is 11.5 Å². The number of carboxylic acids is 1. The highest BCUT2D eigenvalue weighted by molar-refractivity contribution is 5.73. The average Bonchev–Trinajstić information content (AvgIpc) is 2.98. The summed E-state index contributed by atoms with van der Waals surface area (Å²) in [4.78, 5) is 25.7. The van der Waals surface area contributed by atoms with E-state index < -0.39 is 24.1 Å². The number of rotatable bonds is 7. The second-order valence-electron chi connectivity index (χ2n) is 5.82. The maximum absolute atomic E-state index is 11.1. The second-order valence-corrected chi connectivity index (χ2v) is 5.82. The Kier molecular flexibility index (Phi) is 5.73. The minimum absolute atomic E-state index is 0.0369. The van der Waals surface area contributed by atoms with Gasteiger partial charge in [-0.3, -0.25) is 4.79 Å². The molecule has 0 amide bonds. The minimum atomic E-state index is -1.15. The van der Waals surface area contributed by atoms with Crippen molar-refractivity contribution in [3.63, 3.8) is 0 Å². The van der Waals surface area contributed by atoms with E-state index in [1.165, 1.54) is 18.6 Å². The summed E-state index contributed by atoms with van der Waals surface area (Å²) in [5.74, 6) is -1.07. The lowest BCUT2D eigenvalue weighted by Crippen LogP contribution is -2.32. The van der Waals surface area contributed by atoms with Gasteiger partial charge in [-0.1, -0.05) is 12.1 Å². The molecule has 0 fully saturated rings. The van der Waals surface area contributed by atoms with Gasteiger partial charge in [0, 0.05) is 18.7 Å². The van der Waals surface area contributed by atoms with Crippen LogP contribution >= 0.6 is 0 Å². The van der Waals surface area contributed by atoms with E-state index in [1.807, 2.05) is 0 Å². The zero-order chi connectivity index (χ0) is 18.6. The van der Waals surface area contributed by atoms with E-state index >= 15 is 0 Å². The number of hydrogen-bond acceptors (Lipinski definition) is 6. The Labute approximate surface area is 143 Å². The quantitative estimate of drug-likeness (QED) is 0.473. The number of carboxylic acid groups (broad SMARTS) is 2. The lowest BCUT2D eigenvalue weighted by atomic mass is 9.97. The first-order valence-corrected chi connectivity index (χ1v) is 7.57. The largest absolute Gasteiger partial charge is 0.508 e. The molecular weight excluding hydrogens is 328 g/mol. The van der Waals surface area contributed by atoms with Gasteiger partial charge in [-0.2, -0.15) is 0 Å². The van der Waals surface area contributed by atoms with Crippen molar-refractivity contribution >= 4 is 12.1 Å². The summed E-state index contributed by atoms with van der Waals surface area (Å²) >= 11 is 0. The van der Waals surface area contributed by atoms with Crippen molar-refractivity contribution in [2.75, 3.05) is 0 Å². The minimum Gasteiger partial charge on any atom is -0.508 e. The molecule has 0 unspecified atom stereocenters. The number of phenols is 1. The number of nitrogens with zero attached hydrogens (tertiary/aromatic N) is 2. The molecule has 9 nitrogen and oxygen atoms in total. The van der Waals surface area contributed by atoms with Gasteiger partial charge in [0.15, 0.2) is 0 Å². The van der Waals surface area contributed by atoms with Crippen molar-refractivity contribution < 1.29 is 24.9 Å². The van der Waals surface area contributed by atoms with Gasteiger partial charge in [-0.15, -0.1) is 0 Å². The number of carbonyl (C=O) groups is 2. The number of benzene rings is 1. The molecule has 2 atom stereocenters. The second kappa shape index (κ2) is 7.77. The highest BCUT2D eigenvalue weighted by atomic mass is 16.4. The lowest BCUT2D eigenvalue weighted by Gasteiger charge is -2.15. The highest BCUT2D eigenvalue weighted by Gasteiger charge is 2.16. The molecule has 1 aromatic heterocycles. The van der Waals surface area contributed by atoms with Gasteiger partial charge in [0.1, 0.15) is 18.1 Å². The van der Waals surface area contributed by atoms with Crippen LogP contribution in [0.3, 0.4) is 0 Å². The third kappa shape index (κ3) is 4.78. The fourth-order valence-corrected chi connectivity index (χ4v) is 2.54. The smallest absolute Gasteiger partial charge is 0.417 e. The number of imidazole rings is 1. The summed E-state index contributed by atoms with van der Waals surface area (Å²) in [6.07, 6.45) is 2.14. The number of hydrogen-bond donors (Lipinski definition) is 5. The van der Waals surface area contributed by atoms with Gasteiger partial charge >= 0.3 is 12.1 Å². The summed E-state index contributed by atoms with van der Waals surface area (Å²) in [6, 6.07) is 3.24. The zero-order valence-electron chi connectivity index (χ0n) is 13.4. The number of aromatic nitrogens is 2. The lowest BCUT2D eigenvalue weighted by molar-refractivity contribution is -0.138. The van der Waals surface area contributed by atoms with Crippen molar-refractivity contribution in [2.45, 2.75) is 31.3 Å². The topological polar surface area (TPSA) is 165 Å². The van der Waals surface area contributed by atoms with Gasteiger partial charge in [-0.05, 0) is 30.0 Å². The van der Waals surface area contributed by atoms with E-state index in [2.05, 4.69) is 4.98 Å². The standard InChI is InChI=1S/C16H20N4O5/c17-11(6-12-7-19-8-20(12)16(24)25)5-10-3-9(1-2-14(10)21)4-13(18)15(22)23/h1-3,7-8,11,13,21H,4-6,17-18H2,(H,22,23)(H,24,25)/t11-,13+/m1/s1. The number of aromatic hydroxyl groups is 1. The fraction of sp³-hybridized carbons (Fsp3) is 0.312. The molecule has 9 heteroatoms. The highest BCUT2D eigenvalue weighted by Crippen LogP contribution is 2.21. The van der Waals surface area contributed by atoms with Gasteiger partial charge in [-0.25, -0.2) is 14.3 Å². The Morgan fingerprint density at radius 2 is 1.88 bits per heavy atom. The Balaban J connectivity index is 2.09. The van der Waals surface area contributed by atoms with Crippen LogP contribution in [0.15, 0.2) is 30.7 Å². The molecule has 2 rings (SSSR count). The van der Waals surface area contributed by atoms with E-state index in [-0.39, 0.29) is 25.0 Å². The van der Waals surface area contributed by atoms with Crippen molar-refractivity contribution in [2.24, 2.45) is 11.5 Å². The van der Waals surface area contributed by atoms with Gasteiger partial charge < -0.3 is 26.8 Å². The van der Waals surface area contributed by atoms with Crippen LogP contribution in [-0.4, -0.2) is 49.0 Å². The molecule has 1 heterocycles. The molecule has 0 bridgehead atoms. The molecule has 0 spiro atoms.